The molecule has 0 amide bonds. The minimum absolute atomic E-state index is 0.248. The zero-order valence-electron chi connectivity index (χ0n) is 6.87. The predicted molar refractivity (Wildman–Crippen MR) is 57.8 cm³/mol. The summed E-state index contributed by atoms with van der Waals surface area (Å²) < 4.78 is 1.00. The first kappa shape index (κ1) is 10.5. The summed E-state index contributed by atoms with van der Waals surface area (Å²) in [5.74, 6) is 0.248. The summed E-state index contributed by atoms with van der Waals surface area (Å²) in [6.07, 6.45) is 0.571. The highest BCUT2D eigenvalue weighted by atomic mass is 79.9. The van der Waals surface area contributed by atoms with Gasteiger partial charge in [0, 0.05) is 10.9 Å². The first-order chi connectivity index (χ1) is 6.27. The number of hydrogen-bond donors (Lipinski definition) is 1. The Hall–Kier alpha value is -0.540. The fraction of sp³-hybridized carbons (Fsp3) is 0.222. The maximum Gasteiger partial charge on any atom is 0.0762 e. The molecule has 0 fully saturated rings. The molecule has 0 saturated carbocycles. The van der Waals surface area contributed by atoms with Crippen LogP contribution in [0.25, 0.3) is 0 Å². The van der Waals surface area contributed by atoms with Gasteiger partial charge in [-0.15, -0.1) is 11.6 Å². The molecule has 13 heavy (non-hydrogen) atoms. The molecule has 0 bridgehead atoms. The van der Waals surface area contributed by atoms with Crippen molar-refractivity contribution in [3.05, 3.63) is 34.3 Å². The number of benzene rings is 1. The molecule has 0 aliphatic heterocycles. The highest BCUT2D eigenvalue weighted by molar-refractivity contribution is 9.10. The van der Waals surface area contributed by atoms with Gasteiger partial charge in [-0.2, -0.15) is 0 Å². The summed E-state index contributed by atoms with van der Waals surface area (Å²) in [6, 6.07) is 7.77. The van der Waals surface area contributed by atoms with E-state index in [2.05, 4.69) is 21.1 Å². The van der Waals surface area contributed by atoms with Gasteiger partial charge in [0.25, 0.3) is 0 Å². The van der Waals surface area contributed by atoms with Gasteiger partial charge in [0.05, 0.1) is 11.6 Å². The van der Waals surface area contributed by atoms with E-state index in [1.165, 1.54) is 0 Å². The Bertz CT molecular complexity index is 314. The molecule has 1 N–H and O–H groups in total. The van der Waals surface area contributed by atoms with Crippen molar-refractivity contribution in [3.63, 3.8) is 0 Å². The lowest BCUT2D eigenvalue weighted by Gasteiger charge is -2.02. The monoisotopic (exact) mass is 261 g/mol. The Morgan fingerprint density at radius 1 is 1.46 bits per heavy atom. The third-order valence-corrected chi connectivity index (χ3v) is 2.73. The van der Waals surface area contributed by atoms with Crippen molar-refractivity contribution in [2.24, 2.45) is 5.16 Å². The van der Waals surface area contributed by atoms with E-state index < -0.39 is 0 Å². The average Bonchev–Trinajstić information content (AvgIpc) is 2.17. The number of hydrogen-bond acceptors (Lipinski definition) is 2. The van der Waals surface area contributed by atoms with Crippen LogP contribution in [0, 0.1) is 0 Å². The van der Waals surface area contributed by atoms with E-state index in [1.807, 2.05) is 24.3 Å². The van der Waals surface area contributed by atoms with Crippen LogP contribution in [0.15, 0.2) is 33.9 Å². The fourth-order valence-corrected chi connectivity index (χ4v) is 1.54. The Labute approximate surface area is 90.3 Å². The zero-order valence-corrected chi connectivity index (χ0v) is 9.22. The lowest BCUT2D eigenvalue weighted by molar-refractivity contribution is 0.318. The maximum absolute atomic E-state index is 8.57. The van der Waals surface area contributed by atoms with Crippen LogP contribution in [0.3, 0.4) is 0 Å². The van der Waals surface area contributed by atoms with Crippen molar-refractivity contribution in [2.75, 3.05) is 5.88 Å². The van der Waals surface area contributed by atoms with Crippen LogP contribution < -0.4 is 0 Å². The van der Waals surface area contributed by atoms with Crippen LogP contribution >= 0.6 is 27.5 Å². The molecule has 70 valence electrons. The summed E-state index contributed by atoms with van der Waals surface area (Å²) in [7, 11) is 0. The zero-order chi connectivity index (χ0) is 9.68. The van der Waals surface area contributed by atoms with Gasteiger partial charge in [0.1, 0.15) is 0 Å². The standard InChI is InChI=1S/C9H9BrClNO/c10-9-4-2-1-3-7(9)5-8(6-11)12-13/h1-4,13H,5-6H2. The van der Waals surface area contributed by atoms with Crippen molar-refractivity contribution in [1.29, 1.82) is 0 Å². The van der Waals surface area contributed by atoms with Crippen LogP contribution in [0.4, 0.5) is 0 Å². The van der Waals surface area contributed by atoms with Crippen molar-refractivity contribution < 1.29 is 5.21 Å². The summed E-state index contributed by atoms with van der Waals surface area (Å²) in [6.45, 7) is 0. The Balaban J connectivity index is 2.80. The largest absolute Gasteiger partial charge is 0.411 e. The maximum atomic E-state index is 8.57. The van der Waals surface area contributed by atoms with E-state index in [-0.39, 0.29) is 5.88 Å². The molecule has 0 aromatic heterocycles. The molecule has 0 atom stereocenters. The lowest BCUT2D eigenvalue weighted by Crippen LogP contribution is -2.05. The van der Waals surface area contributed by atoms with Gasteiger partial charge in [0.2, 0.25) is 0 Å². The Morgan fingerprint density at radius 3 is 2.69 bits per heavy atom. The molecular weight excluding hydrogens is 253 g/mol. The minimum atomic E-state index is 0.248. The molecule has 0 spiro atoms. The number of alkyl halides is 1. The summed E-state index contributed by atoms with van der Waals surface area (Å²) >= 11 is 8.97. The smallest absolute Gasteiger partial charge is 0.0762 e. The molecule has 4 heteroatoms. The molecule has 1 rings (SSSR count). The SMILES string of the molecule is ON=C(CCl)Cc1ccccc1Br. The second-order valence-electron chi connectivity index (χ2n) is 2.57. The highest BCUT2D eigenvalue weighted by Crippen LogP contribution is 2.16. The second-order valence-corrected chi connectivity index (χ2v) is 3.69. The van der Waals surface area contributed by atoms with E-state index in [9.17, 15) is 0 Å². The van der Waals surface area contributed by atoms with E-state index in [0.717, 1.165) is 10.0 Å². The number of nitrogens with zero attached hydrogens (tertiary/aromatic N) is 1. The molecule has 0 unspecified atom stereocenters. The molecule has 2 nitrogen and oxygen atoms in total. The van der Waals surface area contributed by atoms with Crippen molar-refractivity contribution in [3.8, 4) is 0 Å². The van der Waals surface area contributed by atoms with Gasteiger partial charge in [-0.1, -0.05) is 39.3 Å². The van der Waals surface area contributed by atoms with E-state index in [1.54, 1.807) is 0 Å². The Kier molecular flexibility index (Phi) is 4.25. The fourth-order valence-electron chi connectivity index (χ4n) is 0.971. The molecule has 0 radical (unpaired) electrons. The minimum Gasteiger partial charge on any atom is -0.411 e. The number of rotatable bonds is 3. The van der Waals surface area contributed by atoms with Crippen LogP contribution in [-0.4, -0.2) is 16.8 Å². The van der Waals surface area contributed by atoms with E-state index in [0.29, 0.717) is 12.1 Å². The van der Waals surface area contributed by atoms with Crippen molar-refractivity contribution in [2.45, 2.75) is 6.42 Å². The predicted octanol–water partition coefficient (Wildman–Crippen LogP) is 3.06. The third-order valence-electron chi connectivity index (χ3n) is 1.65. The summed E-state index contributed by atoms with van der Waals surface area (Å²) in [5.41, 5.74) is 1.63. The van der Waals surface area contributed by atoms with Crippen LogP contribution in [0.5, 0.6) is 0 Å². The van der Waals surface area contributed by atoms with Crippen molar-refractivity contribution in [1.82, 2.24) is 0 Å². The topological polar surface area (TPSA) is 32.6 Å². The van der Waals surface area contributed by atoms with Gasteiger partial charge >= 0.3 is 0 Å². The van der Waals surface area contributed by atoms with Crippen LogP contribution in [-0.2, 0) is 6.42 Å². The molecule has 0 saturated heterocycles. The summed E-state index contributed by atoms with van der Waals surface area (Å²) in [4.78, 5) is 0. The Morgan fingerprint density at radius 2 is 2.15 bits per heavy atom. The van der Waals surface area contributed by atoms with Gasteiger partial charge < -0.3 is 5.21 Å². The van der Waals surface area contributed by atoms with E-state index in [4.69, 9.17) is 16.8 Å². The summed E-state index contributed by atoms with van der Waals surface area (Å²) in [5, 5.41) is 11.7. The van der Waals surface area contributed by atoms with Crippen LogP contribution in [0.2, 0.25) is 0 Å². The molecular formula is C9H9BrClNO. The normalized spacial score (nSPS) is 11.7. The van der Waals surface area contributed by atoms with Gasteiger partial charge in [-0.3, -0.25) is 0 Å². The average molecular weight is 263 g/mol. The first-order valence-corrected chi connectivity index (χ1v) is 5.10. The molecule has 1 aromatic rings. The van der Waals surface area contributed by atoms with Gasteiger partial charge in [0.15, 0.2) is 0 Å². The molecule has 0 aliphatic rings. The number of oxime groups is 1. The van der Waals surface area contributed by atoms with E-state index >= 15 is 0 Å². The molecule has 1 aromatic carbocycles. The lowest BCUT2D eigenvalue weighted by atomic mass is 10.1. The molecule has 0 aliphatic carbocycles. The molecule has 0 heterocycles. The van der Waals surface area contributed by atoms with Crippen molar-refractivity contribution >= 4 is 33.2 Å². The van der Waals surface area contributed by atoms with Crippen LogP contribution in [0.1, 0.15) is 5.56 Å². The second kappa shape index (κ2) is 5.25. The number of halogens is 2. The third kappa shape index (κ3) is 3.01. The quantitative estimate of drug-likeness (QED) is 0.386. The first-order valence-electron chi connectivity index (χ1n) is 3.77. The highest BCUT2D eigenvalue weighted by Gasteiger charge is 2.03. The van der Waals surface area contributed by atoms with Gasteiger partial charge in [-0.25, -0.2) is 0 Å². The van der Waals surface area contributed by atoms with Gasteiger partial charge in [-0.05, 0) is 11.6 Å².